The first-order chi connectivity index (χ1) is 12.1. The van der Waals surface area contributed by atoms with E-state index in [0.717, 1.165) is 3.57 Å². The Bertz CT molecular complexity index is 1080. The van der Waals surface area contributed by atoms with Gasteiger partial charge in [0.05, 0.1) is 10.8 Å². The van der Waals surface area contributed by atoms with Gasteiger partial charge in [0.25, 0.3) is 5.91 Å². The summed E-state index contributed by atoms with van der Waals surface area (Å²) in [4.78, 5) is 15.4. The highest BCUT2D eigenvalue weighted by Crippen LogP contribution is 2.44. The van der Waals surface area contributed by atoms with Crippen LogP contribution in [0, 0.1) is 10.5 Å². The first-order valence-corrected chi connectivity index (χ1v) is 10.4. The van der Waals surface area contributed by atoms with Crippen molar-refractivity contribution in [2.45, 2.75) is 17.6 Å². The Morgan fingerprint density at radius 2 is 1.92 bits per heavy atom. The van der Waals surface area contributed by atoms with E-state index >= 15 is 0 Å². The molecule has 0 aliphatic carbocycles. The second-order valence-electron chi connectivity index (χ2n) is 5.70. The molecule has 0 bridgehead atoms. The number of rotatable bonds is 1. The number of guanidine groups is 1. The zero-order valence-corrected chi connectivity index (χ0v) is 17.1. The number of carbonyl (C=O) groups excluding carboxylic acids is 1. The molecule has 0 fully saturated rings. The third-order valence-electron chi connectivity index (χ3n) is 3.69. The zero-order valence-electron chi connectivity index (χ0n) is 13.4. The molecule has 1 aliphatic heterocycles. The Kier molecular flexibility index (Phi) is 4.88. The van der Waals surface area contributed by atoms with Crippen LogP contribution >= 0.6 is 34.2 Å². The van der Waals surface area contributed by atoms with Crippen molar-refractivity contribution in [3.8, 4) is 11.5 Å². The number of hydrogen-bond donors (Lipinski definition) is 2. The van der Waals surface area contributed by atoms with Gasteiger partial charge >= 0.3 is 0 Å². The van der Waals surface area contributed by atoms with Crippen molar-refractivity contribution in [2.24, 2.45) is 16.5 Å². The summed E-state index contributed by atoms with van der Waals surface area (Å²) in [5, 5.41) is 0.315. The van der Waals surface area contributed by atoms with Crippen LogP contribution in [0.5, 0.6) is 11.5 Å². The van der Waals surface area contributed by atoms with Crippen LogP contribution < -0.4 is 16.2 Å². The molecular formula is C16H13ClIN3O4S. The number of amides is 1. The van der Waals surface area contributed by atoms with Gasteiger partial charge in [0.1, 0.15) is 16.4 Å². The molecular weight excluding hydrogens is 493 g/mol. The fourth-order valence-electron chi connectivity index (χ4n) is 2.63. The number of aliphatic imine (C=N–C) groups is 1. The fraction of sp³-hybridized carbons (Fsp3) is 0.125. The van der Waals surface area contributed by atoms with Gasteiger partial charge < -0.3 is 16.2 Å². The summed E-state index contributed by atoms with van der Waals surface area (Å²) in [7, 11) is -3.78. The Labute approximate surface area is 168 Å². The summed E-state index contributed by atoms with van der Waals surface area (Å²) in [5.74, 6) is -1.02. The largest absolute Gasteiger partial charge is 0.454 e. The van der Waals surface area contributed by atoms with Crippen LogP contribution in [0.3, 0.4) is 0 Å². The minimum Gasteiger partial charge on any atom is -0.454 e. The topological polar surface area (TPSA) is 125 Å². The van der Waals surface area contributed by atoms with E-state index in [9.17, 15) is 13.2 Å². The van der Waals surface area contributed by atoms with Crippen LogP contribution in [-0.4, -0.2) is 20.3 Å². The van der Waals surface area contributed by atoms with Crippen molar-refractivity contribution in [2.75, 3.05) is 0 Å². The highest BCUT2D eigenvalue weighted by atomic mass is 127. The lowest BCUT2D eigenvalue weighted by Gasteiger charge is -2.13. The van der Waals surface area contributed by atoms with Crippen LogP contribution in [0.25, 0.3) is 0 Å². The van der Waals surface area contributed by atoms with Crippen LogP contribution in [0.1, 0.15) is 21.5 Å². The van der Waals surface area contributed by atoms with E-state index < -0.39 is 21.7 Å². The Balaban J connectivity index is 2.24. The number of nitrogens with zero attached hydrogens (tertiary/aromatic N) is 1. The first-order valence-electron chi connectivity index (χ1n) is 7.25. The van der Waals surface area contributed by atoms with E-state index in [1.54, 1.807) is 19.1 Å². The molecule has 0 aromatic heterocycles. The van der Waals surface area contributed by atoms with Crippen LogP contribution in [0.15, 0.2) is 34.2 Å². The normalized spacial score (nSPS) is 14.4. The van der Waals surface area contributed by atoms with E-state index in [1.165, 1.54) is 12.1 Å². The van der Waals surface area contributed by atoms with Crippen molar-refractivity contribution < 1.29 is 17.9 Å². The van der Waals surface area contributed by atoms with Crippen molar-refractivity contribution in [3.63, 3.8) is 0 Å². The van der Waals surface area contributed by atoms with Gasteiger partial charge in [0, 0.05) is 14.7 Å². The highest BCUT2D eigenvalue weighted by Gasteiger charge is 2.31. The molecule has 0 saturated carbocycles. The molecule has 0 unspecified atom stereocenters. The number of carbonyl (C=O) groups is 1. The van der Waals surface area contributed by atoms with Crippen LogP contribution in [-0.2, 0) is 15.6 Å². The van der Waals surface area contributed by atoms with Gasteiger partial charge in [-0.25, -0.2) is 8.42 Å². The molecule has 1 amide bonds. The maximum Gasteiger partial charge on any atom is 0.280 e. The average Bonchev–Trinajstić information content (AvgIpc) is 2.60. The molecule has 0 atom stereocenters. The molecule has 0 saturated heterocycles. The molecule has 10 heteroatoms. The zero-order chi connectivity index (χ0) is 19.2. The fourth-order valence-corrected chi connectivity index (χ4v) is 5.35. The lowest BCUT2D eigenvalue weighted by Crippen LogP contribution is -2.24. The maximum absolute atomic E-state index is 12.9. The highest BCUT2D eigenvalue weighted by molar-refractivity contribution is 14.1. The summed E-state index contributed by atoms with van der Waals surface area (Å²) in [6, 6.07) is 6.07. The molecule has 4 N–H and O–H groups in total. The smallest absolute Gasteiger partial charge is 0.280 e. The quantitative estimate of drug-likeness (QED) is 0.349. The van der Waals surface area contributed by atoms with Crippen LogP contribution in [0.2, 0.25) is 5.02 Å². The Morgan fingerprint density at radius 3 is 2.58 bits per heavy atom. The molecule has 0 spiro atoms. The summed E-state index contributed by atoms with van der Waals surface area (Å²) in [5.41, 5.74) is 11.4. The standard InChI is InChI=1S/C16H13ClIN3O4S/c1-7-2-8(15(22)21-16(19)20)4-12-13(7)25-14-9(6-26(12,23)24)3-10(18)5-11(14)17/h2-5H,6H2,1H3,(H4,19,20,21,22). The Hall–Kier alpha value is -1.85. The lowest BCUT2D eigenvalue weighted by atomic mass is 10.1. The number of fused-ring (bicyclic) bond motifs is 2. The summed E-state index contributed by atoms with van der Waals surface area (Å²) >= 11 is 8.30. The molecule has 2 aromatic rings. The predicted molar refractivity (Wildman–Crippen MR) is 106 cm³/mol. The SMILES string of the molecule is Cc1cc(C(=O)N=C(N)N)cc2c1Oc1c(Cl)cc(I)cc1CS2(=O)=O. The van der Waals surface area contributed by atoms with E-state index in [1.807, 2.05) is 22.6 Å². The minimum absolute atomic E-state index is 0.0495. The van der Waals surface area contributed by atoms with Crippen molar-refractivity contribution in [1.29, 1.82) is 0 Å². The van der Waals surface area contributed by atoms with E-state index in [0.29, 0.717) is 21.9 Å². The number of hydrogen-bond acceptors (Lipinski definition) is 4. The number of sulfone groups is 1. The number of ether oxygens (including phenoxy) is 1. The second kappa shape index (κ2) is 6.71. The van der Waals surface area contributed by atoms with Crippen molar-refractivity contribution in [1.82, 2.24) is 0 Å². The van der Waals surface area contributed by atoms with Gasteiger partial charge in [0.2, 0.25) is 0 Å². The van der Waals surface area contributed by atoms with E-state index in [4.69, 9.17) is 27.8 Å². The molecule has 1 aliphatic rings. The summed E-state index contributed by atoms with van der Waals surface area (Å²) in [6.07, 6.45) is 0. The van der Waals surface area contributed by atoms with Gasteiger partial charge in [-0.1, -0.05) is 11.6 Å². The summed E-state index contributed by atoms with van der Waals surface area (Å²) in [6.45, 7) is 1.63. The van der Waals surface area contributed by atoms with Gasteiger partial charge in [-0.3, -0.25) is 4.79 Å². The van der Waals surface area contributed by atoms with Crippen molar-refractivity contribution >= 4 is 55.9 Å². The third kappa shape index (κ3) is 3.51. The summed E-state index contributed by atoms with van der Waals surface area (Å²) < 4.78 is 32.5. The Morgan fingerprint density at radius 1 is 1.23 bits per heavy atom. The molecule has 136 valence electrons. The second-order valence-corrected chi connectivity index (χ2v) is 9.31. The molecule has 1 heterocycles. The van der Waals surface area contributed by atoms with Gasteiger partial charge in [0.15, 0.2) is 15.8 Å². The number of nitrogens with two attached hydrogens (primary N) is 2. The third-order valence-corrected chi connectivity index (χ3v) is 6.26. The first kappa shape index (κ1) is 18.9. The van der Waals surface area contributed by atoms with Crippen LogP contribution in [0.4, 0.5) is 0 Å². The maximum atomic E-state index is 12.9. The molecule has 7 nitrogen and oxygen atoms in total. The van der Waals surface area contributed by atoms with E-state index in [-0.39, 0.29) is 22.0 Å². The van der Waals surface area contributed by atoms with Gasteiger partial charge in [-0.15, -0.1) is 0 Å². The molecule has 26 heavy (non-hydrogen) atoms. The number of halogens is 2. The molecule has 3 rings (SSSR count). The average molecular weight is 506 g/mol. The minimum atomic E-state index is -3.78. The van der Waals surface area contributed by atoms with Crippen molar-refractivity contribution in [3.05, 3.63) is 49.5 Å². The van der Waals surface area contributed by atoms with Gasteiger partial charge in [-0.05, 0) is 59.3 Å². The lowest BCUT2D eigenvalue weighted by molar-refractivity contribution is 0.100. The van der Waals surface area contributed by atoms with E-state index in [2.05, 4.69) is 4.99 Å². The van der Waals surface area contributed by atoms with Gasteiger partial charge in [-0.2, -0.15) is 4.99 Å². The monoisotopic (exact) mass is 505 g/mol. The number of aryl methyl sites for hydroxylation is 1. The molecule has 2 aromatic carbocycles. The predicted octanol–water partition coefficient (Wildman–Crippen LogP) is 2.75. The molecule has 0 radical (unpaired) electrons. The number of benzene rings is 2.